The van der Waals surface area contributed by atoms with Gasteiger partial charge in [0, 0.05) is 32.0 Å². The summed E-state index contributed by atoms with van der Waals surface area (Å²) in [5.74, 6) is 1.62. The molecular formula is C17H32IN3O4S. The number of aliphatic imine (C=N–C) groups is 1. The molecule has 2 unspecified atom stereocenters. The van der Waals surface area contributed by atoms with Crippen LogP contribution in [0.1, 0.15) is 39.5 Å². The van der Waals surface area contributed by atoms with Crippen LogP contribution in [0.5, 0.6) is 0 Å². The lowest BCUT2D eigenvalue weighted by atomic mass is 10.1. The second-order valence-electron chi connectivity index (χ2n) is 7.92. The third-order valence-corrected chi connectivity index (χ3v) is 6.92. The normalized spacial score (nSPS) is 29.9. The van der Waals surface area contributed by atoms with Gasteiger partial charge in [-0.05, 0) is 24.7 Å². The highest BCUT2D eigenvalue weighted by molar-refractivity contribution is 14.0. The molecule has 26 heavy (non-hydrogen) atoms. The summed E-state index contributed by atoms with van der Waals surface area (Å²) >= 11 is 0. The molecule has 2 aliphatic heterocycles. The Kier molecular flexibility index (Phi) is 7.99. The summed E-state index contributed by atoms with van der Waals surface area (Å²) < 4.78 is 34.8. The minimum absolute atomic E-state index is 0. The summed E-state index contributed by atoms with van der Waals surface area (Å²) in [6.45, 7) is 7.01. The maximum Gasteiger partial charge on any atom is 0.191 e. The standard InChI is InChI=1S/C17H31N3O4S.HI/c1-13(2)10-18-16(19-11-14-4-8-25(21,22)12-14)20-15-3-5-17(9-15)23-6-7-24-17;/h13-15H,3-12H2,1-2H3,(H2,18,19,20);1H. The lowest BCUT2D eigenvalue weighted by Gasteiger charge is -2.23. The second kappa shape index (κ2) is 9.38. The van der Waals surface area contributed by atoms with E-state index in [0.29, 0.717) is 31.4 Å². The fourth-order valence-electron chi connectivity index (χ4n) is 3.75. The summed E-state index contributed by atoms with van der Waals surface area (Å²) in [5.41, 5.74) is 0. The molecule has 2 heterocycles. The van der Waals surface area contributed by atoms with Crippen LogP contribution < -0.4 is 10.6 Å². The molecule has 3 fully saturated rings. The van der Waals surface area contributed by atoms with E-state index in [1.807, 2.05) is 0 Å². The average molecular weight is 501 g/mol. The minimum Gasteiger partial charge on any atom is -0.356 e. The lowest BCUT2D eigenvalue weighted by molar-refractivity contribution is -0.151. The maximum absolute atomic E-state index is 11.6. The van der Waals surface area contributed by atoms with E-state index in [0.717, 1.165) is 38.2 Å². The Morgan fingerprint density at radius 2 is 2.00 bits per heavy atom. The fourth-order valence-corrected chi connectivity index (χ4v) is 5.61. The molecule has 0 amide bonds. The van der Waals surface area contributed by atoms with Crippen molar-refractivity contribution in [2.24, 2.45) is 16.8 Å². The monoisotopic (exact) mass is 501 g/mol. The molecule has 9 heteroatoms. The lowest BCUT2D eigenvalue weighted by Crippen LogP contribution is -2.45. The van der Waals surface area contributed by atoms with Crippen LogP contribution in [0.2, 0.25) is 0 Å². The van der Waals surface area contributed by atoms with Crippen molar-refractivity contribution in [1.82, 2.24) is 10.6 Å². The molecule has 1 spiro atoms. The number of nitrogens with one attached hydrogen (secondary N) is 2. The van der Waals surface area contributed by atoms with Gasteiger partial charge in [0.15, 0.2) is 21.6 Å². The van der Waals surface area contributed by atoms with Gasteiger partial charge in [0.05, 0.1) is 24.7 Å². The molecule has 2 saturated heterocycles. The highest BCUT2D eigenvalue weighted by Gasteiger charge is 2.44. The first-order valence-electron chi connectivity index (χ1n) is 9.39. The number of nitrogens with zero attached hydrogens (tertiary/aromatic N) is 1. The Morgan fingerprint density at radius 1 is 1.27 bits per heavy atom. The van der Waals surface area contributed by atoms with E-state index in [1.165, 1.54) is 0 Å². The first kappa shape index (κ1) is 22.2. The topological polar surface area (TPSA) is 89.0 Å². The largest absolute Gasteiger partial charge is 0.356 e. The molecule has 3 rings (SSSR count). The predicted octanol–water partition coefficient (Wildman–Crippen LogP) is 1.53. The van der Waals surface area contributed by atoms with E-state index in [1.54, 1.807) is 0 Å². The fraction of sp³-hybridized carbons (Fsp3) is 0.941. The van der Waals surface area contributed by atoms with Crippen LogP contribution in [0.4, 0.5) is 0 Å². The number of sulfone groups is 1. The third kappa shape index (κ3) is 6.20. The van der Waals surface area contributed by atoms with Gasteiger partial charge in [0.1, 0.15) is 0 Å². The van der Waals surface area contributed by atoms with Gasteiger partial charge < -0.3 is 20.1 Å². The van der Waals surface area contributed by atoms with Gasteiger partial charge in [0.25, 0.3) is 0 Å². The van der Waals surface area contributed by atoms with Gasteiger partial charge in [-0.3, -0.25) is 4.99 Å². The van der Waals surface area contributed by atoms with Gasteiger partial charge in [-0.25, -0.2) is 8.42 Å². The number of ether oxygens (including phenoxy) is 2. The van der Waals surface area contributed by atoms with E-state index in [4.69, 9.17) is 9.47 Å². The van der Waals surface area contributed by atoms with Gasteiger partial charge in [-0.15, -0.1) is 24.0 Å². The van der Waals surface area contributed by atoms with E-state index < -0.39 is 15.6 Å². The summed E-state index contributed by atoms with van der Waals surface area (Å²) in [7, 11) is -2.84. The van der Waals surface area contributed by atoms with E-state index >= 15 is 0 Å². The zero-order valence-electron chi connectivity index (χ0n) is 15.7. The molecule has 2 atom stereocenters. The van der Waals surface area contributed by atoms with Crippen molar-refractivity contribution < 1.29 is 17.9 Å². The van der Waals surface area contributed by atoms with E-state index in [-0.39, 0.29) is 41.7 Å². The smallest absolute Gasteiger partial charge is 0.191 e. The minimum atomic E-state index is -2.84. The molecule has 1 aliphatic carbocycles. The number of hydrogen-bond donors (Lipinski definition) is 2. The number of halogens is 1. The Labute approximate surface area is 174 Å². The van der Waals surface area contributed by atoms with Crippen molar-refractivity contribution in [3.05, 3.63) is 0 Å². The average Bonchev–Trinajstić information content (AvgIpc) is 3.24. The van der Waals surface area contributed by atoms with Crippen LogP contribution in [0.3, 0.4) is 0 Å². The molecule has 3 aliphatic rings. The summed E-state index contributed by atoms with van der Waals surface area (Å²) in [6, 6.07) is 0.267. The second-order valence-corrected chi connectivity index (χ2v) is 10.2. The number of rotatable bonds is 5. The van der Waals surface area contributed by atoms with Gasteiger partial charge in [0.2, 0.25) is 0 Å². The summed E-state index contributed by atoms with van der Waals surface area (Å²) in [5, 5.41) is 6.85. The molecule has 152 valence electrons. The van der Waals surface area contributed by atoms with Crippen molar-refractivity contribution in [2.45, 2.75) is 51.4 Å². The van der Waals surface area contributed by atoms with E-state index in [2.05, 4.69) is 29.5 Å². The highest BCUT2D eigenvalue weighted by Crippen LogP contribution is 2.37. The molecule has 0 aromatic carbocycles. The maximum atomic E-state index is 11.6. The highest BCUT2D eigenvalue weighted by atomic mass is 127. The SMILES string of the molecule is CC(C)CN=C(NCC1CCS(=O)(=O)C1)NC1CCC2(C1)OCCO2.I. The molecule has 0 bridgehead atoms. The van der Waals surface area contributed by atoms with Crippen molar-refractivity contribution >= 4 is 39.8 Å². The van der Waals surface area contributed by atoms with Crippen LogP contribution in [-0.4, -0.2) is 64.0 Å². The van der Waals surface area contributed by atoms with Crippen LogP contribution in [0, 0.1) is 11.8 Å². The Balaban J connectivity index is 0.00000243. The van der Waals surface area contributed by atoms with Crippen LogP contribution in [-0.2, 0) is 19.3 Å². The van der Waals surface area contributed by atoms with Crippen LogP contribution in [0.25, 0.3) is 0 Å². The van der Waals surface area contributed by atoms with E-state index in [9.17, 15) is 8.42 Å². The zero-order valence-corrected chi connectivity index (χ0v) is 18.8. The van der Waals surface area contributed by atoms with Crippen molar-refractivity contribution in [2.75, 3.05) is 37.8 Å². The molecule has 0 radical (unpaired) electrons. The van der Waals surface area contributed by atoms with Crippen molar-refractivity contribution in [1.29, 1.82) is 0 Å². The van der Waals surface area contributed by atoms with Crippen LogP contribution in [0.15, 0.2) is 4.99 Å². The summed E-state index contributed by atoms with van der Waals surface area (Å²) in [4.78, 5) is 4.66. The third-order valence-electron chi connectivity index (χ3n) is 5.08. The van der Waals surface area contributed by atoms with Gasteiger partial charge in [-0.2, -0.15) is 0 Å². The zero-order chi connectivity index (χ0) is 17.9. The molecule has 0 aromatic heterocycles. The quantitative estimate of drug-likeness (QED) is 0.338. The number of guanidine groups is 1. The van der Waals surface area contributed by atoms with Gasteiger partial charge in [-0.1, -0.05) is 13.8 Å². The Bertz CT molecular complexity index is 591. The molecular weight excluding hydrogens is 469 g/mol. The Hall–Kier alpha value is -0.130. The van der Waals surface area contributed by atoms with Gasteiger partial charge >= 0.3 is 0 Å². The molecule has 0 aromatic rings. The van der Waals surface area contributed by atoms with Crippen molar-refractivity contribution in [3.8, 4) is 0 Å². The Morgan fingerprint density at radius 3 is 2.62 bits per heavy atom. The first-order valence-corrected chi connectivity index (χ1v) is 11.2. The summed E-state index contributed by atoms with van der Waals surface area (Å²) in [6.07, 6.45) is 3.46. The van der Waals surface area contributed by atoms with Crippen molar-refractivity contribution in [3.63, 3.8) is 0 Å². The number of hydrogen-bond acceptors (Lipinski definition) is 5. The molecule has 7 nitrogen and oxygen atoms in total. The first-order chi connectivity index (χ1) is 11.9. The molecule has 1 saturated carbocycles. The molecule has 2 N–H and O–H groups in total. The predicted molar refractivity (Wildman–Crippen MR) is 113 cm³/mol. The van der Waals surface area contributed by atoms with Crippen LogP contribution >= 0.6 is 24.0 Å².